The van der Waals surface area contributed by atoms with Crippen LogP contribution < -0.4 is 0 Å². The highest BCUT2D eigenvalue weighted by Gasteiger charge is 2.35. The van der Waals surface area contributed by atoms with E-state index in [0.717, 1.165) is 0 Å². The number of benzene rings is 2. The third-order valence-corrected chi connectivity index (χ3v) is 4.94. The first kappa shape index (κ1) is 19.2. The van der Waals surface area contributed by atoms with Crippen LogP contribution in [-0.2, 0) is 0 Å². The number of nitriles is 2. The number of rotatable bonds is 3. The topological polar surface area (TPSA) is 117 Å². The zero-order valence-corrected chi connectivity index (χ0v) is 15.5. The van der Waals surface area contributed by atoms with Gasteiger partial charge in [0, 0.05) is 17.2 Å². The van der Waals surface area contributed by atoms with Crippen molar-refractivity contribution in [2.45, 2.75) is 12.8 Å². The minimum absolute atomic E-state index is 0.0907. The van der Waals surface area contributed by atoms with E-state index in [-0.39, 0.29) is 21.9 Å². The Morgan fingerprint density at radius 2 is 1.86 bits per heavy atom. The molecule has 0 radical (unpaired) electrons. The van der Waals surface area contributed by atoms with E-state index in [1.165, 1.54) is 24.3 Å². The molecule has 0 bridgehead atoms. The molecule has 6 nitrogen and oxygen atoms in total. The summed E-state index contributed by atoms with van der Waals surface area (Å²) in [4.78, 5) is 15.5. The van der Waals surface area contributed by atoms with E-state index in [4.69, 9.17) is 16.7 Å². The van der Waals surface area contributed by atoms with E-state index < -0.39 is 17.8 Å². The third-order valence-electron chi connectivity index (χ3n) is 4.63. The van der Waals surface area contributed by atoms with Crippen LogP contribution in [0.2, 0.25) is 5.02 Å². The molecule has 2 atom stereocenters. The van der Waals surface area contributed by atoms with Gasteiger partial charge in [-0.1, -0.05) is 29.8 Å². The number of carboxylic acids is 1. The number of halogens is 1. The fourth-order valence-electron chi connectivity index (χ4n) is 3.22. The summed E-state index contributed by atoms with van der Waals surface area (Å²) in [5.74, 6) is -2.42. The number of aromatic hydroxyl groups is 1. The first-order valence-electron chi connectivity index (χ1n) is 8.28. The van der Waals surface area contributed by atoms with Crippen molar-refractivity contribution >= 4 is 29.0 Å². The monoisotopic (exact) mass is 391 g/mol. The van der Waals surface area contributed by atoms with Gasteiger partial charge in [-0.05, 0) is 36.8 Å². The normalized spacial score (nSPS) is 18.8. The predicted molar refractivity (Wildman–Crippen MR) is 104 cm³/mol. The van der Waals surface area contributed by atoms with E-state index in [9.17, 15) is 20.4 Å². The number of aliphatic imine (C=N–C) groups is 1. The van der Waals surface area contributed by atoms with E-state index in [0.29, 0.717) is 22.5 Å². The summed E-state index contributed by atoms with van der Waals surface area (Å²) in [6.07, 6.45) is 0. The zero-order chi connectivity index (χ0) is 20.4. The van der Waals surface area contributed by atoms with Gasteiger partial charge in [0.2, 0.25) is 0 Å². The van der Waals surface area contributed by atoms with Gasteiger partial charge in [0.15, 0.2) is 0 Å². The molecular formula is C21H14ClN3O3. The van der Waals surface area contributed by atoms with Crippen molar-refractivity contribution in [3.63, 3.8) is 0 Å². The smallest absolute Gasteiger partial charge is 0.335 e. The molecule has 0 aliphatic carbocycles. The van der Waals surface area contributed by atoms with E-state index in [2.05, 4.69) is 17.1 Å². The molecular weight excluding hydrogens is 378 g/mol. The van der Waals surface area contributed by atoms with Crippen molar-refractivity contribution in [3.05, 3.63) is 69.8 Å². The van der Waals surface area contributed by atoms with Crippen LogP contribution in [0.25, 0.3) is 5.70 Å². The summed E-state index contributed by atoms with van der Waals surface area (Å²) >= 11 is 6.03. The minimum Gasteiger partial charge on any atom is -0.506 e. The highest BCUT2D eigenvalue weighted by molar-refractivity contribution is 6.32. The molecule has 0 fully saturated rings. The second-order valence-corrected chi connectivity index (χ2v) is 6.71. The number of aromatic carboxylic acids is 1. The molecule has 138 valence electrons. The highest BCUT2D eigenvalue weighted by Crippen LogP contribution is 2.42. The van der Waals surface area contributed by atoms with Crippen molar-refractivity contribution in [2.75, 3.05) is 0 Å². The molecule has 1 heterocycles. The first-order chi connectivity index (χ1) is 13.4. The van der Waals surface area contributed by atoms with Crippen LogP contribution in [0.4, 0.5) is 0 Å². The predicted octanol–water partition coefficient (Wildman–Crippen LogP) is 4.38. The van der Waals surface area contributed by atoms with Crippen LogP contribution in [0.1, 0.15) is 34.3 Å². The Kier molecular flexibility index (Phi) is 5.17. The van der Waals surface area contributed by atoms with Gasteiger partial charge in [-0.25, -0.2) is 4.79 Å². The lowest BCUT2D eigenvalue weighted by atomic mass is 9.76. The van der Waals surface area contributed by atoms with Crippen LogP contribution >= 0.6 is 11.6 Å². The van der Waals surface area contributed by atoms with Crippen LogP contribution in [0.5, 0.6) is 5.75 Å². The SMILES string of the molecule is CC1=NC(c2ccc(C(=O)O)cc2)=C(C#N)C(c2ccc(O)c(Cl)c2)C1C#N. The lowest BCUT2D eigenvalue weighted by Crippen LogP contribution is -2.25. The van der Waals surface area contributed by atoms with Gasteiger partial charge in [0.05, 0.1) is 39.9 Å². The highest BCUT2D eigenvalue weighted by atomic mass is 35.5. The van der Waals surface area contributed by atoms with E-state index in [1.807, 2.05) is 0 Å². The number of hydrogen-bond acceptors (Lipinski definition) is 5. The molecule has 28 heavy (non-hydrogen) atoms. The van der Waals surface area contributed by atoms with Gasteiger partial charge < -0.3 is 10.2 Å². The summed E-state index contributed by atoms with van der Waals surface area (Å²) in [5.41, 5.74) is 2.51. The molecule has 0 spiro atoms. The summed E-state index contributed by atoms with van der Waals surface area (Å²) in [7, 11) is 0. The molecule has 7 heteroatoms. The van der Waals surface area contributed by atoms with Gasteiger partial charge >= 0.3 is 5.97 Å². The van der Waals surface area contributed by atoms with Gasteiger partial charge in [-0.2, -0.15) is 10.5 Å². The van der Waals surface area contributed by atoms with Crippen molar-refractivity contribution < 1.29 is 15.0 Å². The molecule has 2 aromatic carbocycles. The van der Waals surface area contributed by atoms with Gasteiger partial charge in [-0.3, -0.25) is 4.99 Å². The molecule has 0 amide bonds. The molecule has 0 saturated heterocycles. The summed E-state index contributed by atoms with van der Waals surface area (Å²) in [6, 6.07) is 15.0. The van der Waals surface area contributed by atoms with Crippen LogP contribution in [0, 0.1) is 28.6 Å². The summed E-state index contributed by atoms with van der Waals surface area (Å²) in [6.45, 7) is 1.71. The Hall–Kier alpha value is -3.61. The summed E-state index contributed by atoms with van der Waals surface area (Å²) in [5, 5.41) is 38.4. The molecule has 2 aromatic rings. The number of nitrogens with zero attached hydrogens (tertiary/aromatic N) is 3. The average molecular weight is 392 g/mol. The molecule has 0 saturated carbocycles. The number of carbonyl (C=O) groups is 1. The van der Waals surface area contributed by atoms with Gasteiger partial charge in [-0.15, -0.1) is 0 Å². The molecule has 1 aliphatic heterocycles. The van der Waals surface area contributed by atoms with Crippen molar-refractivity contribution in [1.29, 1.82) is 10.5 Å². The van der Waals surface area contributed by atoms with E-state index >= 15 is 0 Å². The van der Waals surface area contributed by atoms with Crippen LogP contribution in [0.15, 0.2) is 53.0 Å². The molecule has 0 aromatic heterocycles. The fourth-order valence-corrected chi connectivity index (χ4v) is 3.41. The number of phenols is 1. The maximum atomic E-state index is 11.1. The molecule has 2 N–H and O–H groups in total. The zero-order valence-electron chi connectivity index (χ0n) is 14.7. The summed E-state index contributed by atoms with van der Waals surface area (Å²) < 4.78 is 0. The quantitative estimate of drug-likeness (QED) is 0.805. The Labute approximate surface area is 166 Å². The number of hydrogen-bond donors (Lipinski definition) is 2. The third kappa shape index (κ3) is 3.34. The Morgan fingerprint density at radius 1 is 1.18 bits per heavy atom. The minimum atomic E-state index is -1.05. The molecule has 3 rings (SSSR count). The number of allylic oxidation sites excluding steroid dienone is 1. The fraction of sp³-hybridized carbons (Fsp3) is 0.143. The Morgan fingerprint density at radius 3 is 2.39 bits per heavy atom. The average Bonchev–Trinajstić information content (AvgIpc) is 2.69. The van der Waals surface area contributed by atoms with Gasteiger partial charge in [0.25, 0.3) is 0 Å². The standard InChI is InChI=1S/C21H14ClN3O3/c1-11-15(9-23)19(14-6-7-18(26)17(22)8-14)16(10-24)20(25-11)12-2-4-13(5-3-12)21(27)28/h2-8,15,19,26H,1H3,(H,27,28). The molecule has 2 unspecified atom stereocenters. The van der Waals surface area contributed by atoms with Crippen molar-refractivity contribution in [3.8, 4) is 17.9 Å². The first-order valence-corrected chi connectivity index (χ1v) is 8.66. The maximum absolute atomic E-state index is 11.1. The van der Waals surface area contributed by atoms with Crippen molar-refractivity contribution in [1.82, 2.24) is 0 Å². The second-order valence-electron chi connectivity index (χ2n) is 6.31. The van der Waals surface area contributed by atoms with Crippen molar-refractivity contribution in [2.24, 2.45) is 10.9 Å². The number of carboxylic acid groups (broad SMARTS) is 1. The lowest BCUT2D eigenvalue weighted by Gasteiger charge is -2.28. The Bertz CT molecular complexity index is 1110. The largest absolute Gasteiger partial charge is 0.506 e. The Balaban J connectivity index is 2.21. The lowest BCUT2D eigenvalue weighted by molar-refractivity contribution is 0.0697. The van der Waals surface area contributed by atoms with Crippen LogP contribution in [-0.4, -0.2) is 21.9 Å². The van der Waals surface area contributed by atoms with Gasteiger partial charge in [0.1, 0.15) is 5.75 Å². The number of phenolic OH excluding ortho intramolecular Hbond substituents is 1. The second kappa shape index (κ2) is 7.56. The van der Waals surface area contributed by atoms with Crippen LogP contribution in [0.3, 0.4) is 0 Å². The maximum Gasteiger partial charge on any atom is 0.335 e. The molecule has 1 aliphatic rings. The van der Waals surface area contributed by atoms with E-state index in [1.54, 1.807) is 25.1 Å².